The summed E-state index contributed by atoms with van der Waals surface area (Å²) in [5.41, 5.74) is 2.75. The molecule has 1 aromatic rings. The highest BCUT2D eigenvalue weighted by Crippen LogP contribution is 2.27. The van der Waals surface area contributed by atoms with Crippen molar-refractivity contribution in [3.8, 4) is 0 Å². The van der Waals surface area contributed by atoms with Crippen LogP contribution in [0.25, 0.3) is 0 Å². The molecule has 3 rings (SSSR count). The van der Waals surface area contributed by atoms with Crippen LogP contribution in [0.3, 0.4) is 0 Å². The molecule has 0 amide bonds. The van der Waals surface area contributed by atoms with Crippen LogP contribution in [0.1, 0.15) is 18.9 Å². The molecule has 114 valence electrons. The van der Waals surface area contributed by atoms with E-state index in [0.717, 1.165) is 32.0 Å². The Morgan fingerprint density at radius 2 is 2.19 bits per heavy atom. The Kier molecular flexibility index (Phi) is 4.44. The summed E-state index contributed by atoms with van der Waals surface area (Å²) >= 11 is 0. The highest BCUT2D eigenvalue weighted by molar-refractivity contribution is 5.97. The predicted molar refractivity (Wildman–Crippen MR) is 89.1 cm³/mol. The molecule has 1 N–H and O–H groups in total. The second-order valence-corrected chi connectivity index (χ2v) is 6.14. The third-order valence-corrected chi connectivity index (χ3v) is 4.47. The van der Waals surface area contributed by atoms with Crippen molar-refractivity contribution in [3.05, 3.63) is 29.8 Å². The van der Waals surface area contributed by atoms with E-state index in [0.29, 0.717) is 5.92 Å². The second kappa shape index (κ2) is 6.48. The minimum absolute atomic E-state index is 0.710. The molecule has 2 aliphatic rings. The zero-order chi connectivity index (χ0) is 14.7. The van der Waals surface area contributed by atoms with Gasteiger partial charge in [0.2, 0.25) is 0 Å². The van der Waals surface area contributed by atoms with Crippen molar-refractivity contribution in [2.24, 2.45) is 10.9 Å². The monoisotopic (exact) mass is 286 g/mol. The van der Waals surface area contributed by atoms with E-state index in [4.69, 9.17) is 4.99 Å². The van der Waals surface area contributed by atoms with Crippen LogP contribution in [0.4, 0.5) is 5.69 Å². The zero-order valence-corrected chi connectivity index (χ0v) is 13.2. The lowest BCUT2D eigenvalue weighted by Gasteiger charge is -2.22. The van der Waals surface area contributed by atoms with Gasteiger partial charge in [0.1, 0.15) is 0 Å². The maximum absolute atomic E-state index is 4.92. The summed E-state index contributed by atoms with van der Waals surface area (Å²) in [5.74, 6) is 1.76. The number of likely N-dealkylation sites (tertiary alicyclic amines) is 1. The summed E-state index contributed by atoms with van der Waals surface area (Å²) < 4.78 is 0. The summed E-state index contributed by atoms with van der Waals surface area (Å²) in [4.78, 5) is 9.66. The number of guanidine groups is 1. The molecule has 0 aromatic heterocycles. The number of fused-ring (bicyclic) bond motifs is 1. The Labute approximate surface area is 127 Å². The number of nitrogens with zero attached hydrogens (tertiary/aromatic N) is 3. The highest BCUT2D eigenvalue weighted by Gasteiger charge is 2.23. The predicted octanol–water partition coefficient (Wildman–Crippen LogP) is 1.97. The average Bonchev–Trinajstić information content (AvgIpc) is 3.10. The minimum Gasteiger partial charge on any atom is -0.356 e. The number of nitrogens with one attached hydrogen (secondary N) is 1. The molecule has 0 aliphatic carbocycles. The first-order valence-corrected chi connectivity index (χ1v) is 8.10. The topological polar surface area (TPSA) is 30.9 Å². The Morgan fingerprint density at radius 3 is 2.95 bits per heavy atom. The molecule has 0 bridgehead atoms. The number of para-hydroxylation sites is 1. The van der Waals surface area contributed by atoms with Gasteiger partial charge in [-0.25, -0.2) is 0 Å². The first kappa shape index (κ1) is 14.4. The molecular weight excluding hydrogens is 260 g/mol. The van der Waals surface area contributed by atoms with Crippen LogP contribution < -0.4 is 10.2 Å². The van der Waals surface area contributed by atoms with Gasteiger partial charge in [-0.1, -0.05) is 18.2 Å². The van der Waals surface area contributed by atoms with Crippen molar-refractivity contribution in [3.63, 3.8) is 0 Å². The van der Waals surface area contributed by atoms with Crippen molar-refractivity contribution >= 4 is 11.6 Å². The molecule has 21 heavy (non-hydrogen) atoms. The highest BCUT2D eigenvalue weighted by atomic mass is 15.3. The largest absolute Gasteiger partial charge is 0.356 e. The second-order valence-electron chi connectivity index (χ2n) is 6.14. The molecule has 2 heterocycles. The van der Waals surface area contributed by atoms with Gasteiger partial charge < -0.3 is 15.1 Å². The maximum atomic E-state index is 4.92. The normalized spacial score (nSPS) is 22.7. The van der Waals surface area contributed by atoms with Gasteiger partial charge in [-0.05, 0) is 50.9 Å². The number of hydrogen-bond acceptors (Lipinski definition) is 2. The van der Waals surface area contributed by atoms with E-state index in [9.17, 15) is 0 Å². The average molecular weight is 286 g/mol. The smallest absolute Gasteiger partial charge is 0.198 e. The van der Waals surface area contributed by atoms with Gasteiger partial charge in [-0.2, -0.15) is 0 Å². The third kappa shape index (κ3) is 3.21. The van der Waals surface area contributed by atoms with Gasteiger partial charge in [0, 0.05) is 31.9 Å². The van der Waals surface area contributed by atoms with E-state index in [1.54, 1.807) is 0 Å². The zero-order valence-electron chi connectivity index (χ0n) is 13.2. The van der Waals surface area contributed by atoms with E-state index in [-0.39, 0.29) is 0 Å². The molecule has 1 fully saturated rings. The van der Waals surface area contributed by atoms with E-state index in [2.05, 4.69) is 53.4 Å². The molecule has 4 heteroatoms. The Hall–Kier alpha value is -1.55. The van der Waals surface area contributed by atoms with Gasteiger partial charge in [0.25, 0.3) is 0 Å². The van der Waals surface area contributed by atoms with Crippen molar-refractivity contribution in [1.29, 1.82) is 0 Å². The summed E-state index contributed by atoms with van der Waals surface area (Å²) in [5, 5.41) is 3.46. The van der Waals surface area contributed by atoms with Gasteiger partial charge in [-0.3, -0.25) is 4.99 Å². The Balaban J connectivity index is 1.73. The number of hydrogen-bond donors (Lipinski definition) is 1. The number of anilines is 1. The molecule has 0 radical (unpaired) electrons. The van der Waals surface area contributed by atoms with E-state index >= 15 is 0 Å². The first-order chi connectivity index (χ1) is 10.3. The standard InChI is InChI=1S/C17H26N4/c1-3-18-17(19-12-14-8-10-20(2)13-14)21-11-9-15-6-4-5-7-16(15)21/h4-7,14H,3,8-13H2,1-2H3,(H,18,19). The molecule has 1 unspecified atom stereocenters. The first-order valence-electron chi connectivity index (χ1n) is 8.10. The van der Waals surface area contributed by atoms with Crippen LogP contribution in [0.2, 0.25) is 0 Å². The van der Waals surface area contributed by atoms with Crippen LogP contribution in [0, 0.1) is 5.92 Å². The SMILES string of the molecule is CCNC(=NCC1CCN(C)C1)N1CCc2ccccc21. The number of rotatable bonds is 3. The molecule has 1 saturated heterocycles. The van der Waals surface area contributed by atoms with E-state index in [1.807, 2.05) is 0 Å². The summed E-state index contributed by atoms with van der Waals surface area (Å²) in [7, 11) is 2.20. The van der Waals surface area contributed by atoms with E-state index in [1.165, 1.54) is 30.8 Å². The van der Waals surface area contributed by atoms with Gasteiger partial charge in [0.15, 0.2) is 5.96 Å². The number of benzene rings is 1. The van der Waals surface area contributed by atoms with Crippen LogP contribution >= 0.6 is 0 Å². The summed E-state index contributed by atoms with van der Waals surface area (Å²) in [6.45, 7) is 7.42. The van der Waals surface area contributed by atoms with Crippen LogP contribution in [0.15, 0.2) is 29.3 Å². The maximum Gasteiger partial charge on any atom is 0.198 e. The molecule has 1 atom stereocenters. The molecule has 1 aromatic carbocycles. The third-order valence-electron chi connectivity index (χ3n) is 4.47. The van der Waals surface area contributed by atoms with Crippen molar-refractivity contribution < 1.29 is 0 Å². The van der Waals surface area contributed by atoms with Gasteiger partial charge in [0.05, 0.1) is 0 Å². The fraction of sp³-hybridized carbons (Fsp3) is 0.588. The number of aliphatic imine (C=N–C) groups is 1. The quantitative estimate of drug-likeness (QED) is 0.681. The van der Waals surface area contributed by atoms with Crippen LogP contribution in [-0.4, -0.2) is 50.6 Å². The minimum atomic E-state index is 0.710. The Morgan fingerprint density at radius 1 is 1.33 bits per heavy atom. The summed E-state index contributed by atoms with van der Waals surface area (Å²) in [6.07, 6.45) is 2.39. The van der Waals surface area contributed by atoms with Crippen molar-refractivity contribution in [2.45, 2.75) is 19.8 Å². The lowest BCUT2D eigenvalue weighted by atomic mass is 10.1. The van der Waals surface area contributed by atoms with Crippen molar-refractivity contribution in [1.82, 2.24) is 10.2 Å². The fourth-order valence-electron chi connectivity index (χ4n) is 3.34. The molecule has 2 aliphatic heterocycles. The van der Waals surface area contributed by atoms with Crippen LogP contribution in [-0.2, 0) is 6.42 Å². The van der Waals surface area contributed by atoms with Crippen molar-refractivity contribution in [2.75, 3.05) is 44.7 Å². The Bertz CT molecular complexity index is 511. The fourth-order valence-corrected chi connectivity index (χ4v) is 3.34. The van der Waals surface area contributed by atoms with Crippen LogP contribution in [0.5, 0.6) is 0 Å². The molecule has 4 nitrogen and oxygen atoms in total. The van der Waals surface area contributed by atoms with E-state index < -0.39 is 0 Å². The molecular formula is C17H26N4. The lowest BCUT2D eigenvalue weighted by Crippen LogP contribution is -2.41. The molecule has 0 saturated carbocycles. The summed E-state index contributed by atoms with van der Waals surface area (Å²) in [6, 6.07) is 8.68. The van der Waals surface area contributed by atoms with Gasteiger partial charge in [-0.15, -0.1) is 0 Å². The van der Waals surface area contributed by atoms with Gasteiger partial charge >= 0.3 is 0 Å². The molecule has 0 spiro atoms. The lowest BCUT2D eigenvalue weighted by molar-refractivity contribution is 0.397.